The third kappa shape index (κ3) is 2.44. The van der Waals surface area contributed by atoms with Crippen LogP contribution in [-0.4, -0.2) is 24.3 Å². The molecular weight excluding hydrogens is 242 g/mol. The fourth-order valence-corrected chi connectivity index (χ4v) is 2.17. The number of aromatic nitrogens is 1. The maximum Gasteiger partial charge on any atom is 0.128 e. The van der Waals surface area contributed by atoms with Crippen LogP contribution in [0.2, 0.25) is 0 Å². The second-order valence-corrected chi connectivity index (χ2v) is 4.51. The maximum absolute atomic E-state index is 9.27. The number of methoxy groups -OCH3 is 2. The molecule has 0 aliphatic heterocycles. The van der Waals surface area contributed by atoms with Crippen LogP contribution in [0.25, 0.3) is 11.3 Å². The van der Waals surface area contributed by atoms with Crippen molar-refractivity contribution in [1.82, 2.24) is 4.98 Å². The number of aromatic amines is 1. The smallest absolute Gasteiger partial charge is 0.128 e. The number of H-pyrrole nitrogens is 1. The Labute approximate surface area is 113 Å². The molecular formula is C15H19NO3. The number of ether oxygens (including phenoxy) is 2. The average molecular weight is 261 g/mol. The molecule has 4 heteroatoms. The molecule has 19 heavy (non-hydrogen) atoms. The lowest BCUT2D eigenvalue weighted by Crippen LogP contribution is -1.93. The zero-order chi connectivity index (χ0) is 14.0. The topological polar surface area (TPSA) is 54.5 Å². The molecule has 1 heterocycles. The molecule has 2 rings (SSSR count). The van der Waals surface area contributed by atoms with Crippen molar-refractivity contribution in [2.45, 2.75) is 20.5 Å². The number of hydrogen-bond donors (Lipinski definition) is 2. The fraction of sp³-hybridized carbons (Fsp3) is 0.333. The molecule has 1 aromatic carbocycles. The van der Waals surface area contributed by atoms with Crippen LogP contribution in [0.3, 0.4) is 0 Å². The van der Waals surface area contributed by atoms with Gasteiger partial charge in [-0.15, -0.1) is 0 Å². The van der Waals surface area contributed by atoms with Crippen molar-refractivity contribution in [3.63, 3.8) is 0 Å². The van der Waals surface area contributed by atoms with Crippen molar-refractivity contribution in [2.75, 3.05) is 14.2 Å². The molecule has 0 fully saturated rings. The zero-order valence-corrected chi connectivity index (χ0v) is 11.7. The first-order valence-corrected chi connectivity index (χ1v) is 6.13. The summed E-state index contributed by atoms with van der Waals surface area (Å²) in [5.74, 6) is 1.60. The molecule has 0 spiro atoms. The minimum atomic E-state index is 0.0215. The molecule has 0 aliphatic carbocycles. The van der Waals surface area contributed by atoms with E-state index in [1.54, 1.807) is 14.2 Å². The van der Waals surface area contributed by atoms with Crippen LogP contribution >= 0.6 is 0 Å². The Kier molecular flexibility index (Phi) is 3.81. The summed E-state index contributed by atoms with van der Waals surface area (Å²) in [6.07, 6.45) is 0. The molecule has 0 saturated heterocycles. The third-order valence-corrected chi connectivity index (χ3v) is 3.30. The minimum Gasteiger partial charge on any atom is -0.496 e. The molecule has 0 unspecified atom stereocenters. The van der Waals surface area contributed by atoms with Crippen molar-refractivity contribution >= 4 is 0 Å². The van der Waals surface area contributed by atoms with Crippen LogP contribution in [0.4, 0.5) is 0 Å². The van der Waals surface area contributed by atoms with E-state index in [0.29, 0.717) is 0 Å². The van der Waals surface area contributed by atoms with E-state index in [0.717, 1.165) is 39.6 Å². The van der Waals surface area contributed by atoms with Gasteiger partial charge in [-0.05, 0) is 43.2 Å². The van der Waals surface area contributed by atoms with Gasteiger partial charge in [0.05, 0.1) is 20.8 Å². The Hall–Kier alpha value is -1.94. The second kappa shape index (κ2) is 5.36. The highest BCUT2D eigenvalue weighted by Crippen LogP contribution is 2.36. The molecule has 2 aromatic rings. The van der Waals surface area contributed by atoms with Crippen molar-refractivity contribution in [2.24, 2.45) is 0 Å². The molecule has 0 saturated carbocycles. The molecule has 0 aliphatic rings. The highest BCUT2D eigenvalue weighted by Gasteiger charge is 2.13. The summed E-state index contributed by atoms with van der Waals surface area (Å²) in [5, 5.41) is 9.27. The number of benzene rings is 1. The van der Waals surface area contributed by atoms with Crippen LogP contribution in [0.15, 0.2) is 18.2 Å². The highest BCUT2D eigenvalue weighted by atomic mass is 16.5. The Balaban J connectivity index is 2.58. The van der Waals surface area contributed by atoms with Gasteiger partial charge in [0, 0.05) is 17.0 Å². The van der Waals surface area contributed by atoms with E-state index in [4.69, 9.17) is 9.47 Å². The maximum atomic E-state index is 9.27. The van der Waals surface area contributed by atoms with Gasteiger partial charge in [-0.3, -0.25) is 0 Å². The first-order valence-electron chi connectivity index (χ1n) is 6.13. The van der Waals surface area contributed by atoms with Gasteiger partial charge in [0.15, 0.2) is 0 Å². The molecule has 1 aromatic heterocycles. The summed E-state index contributed by atoms with van der Waals surface area (Å²) < 4.78 is 10.8. The van der Waals surface area contributed by atoms with Gasteiger partial charge < -0.3 is 19.6 Å². The van der Waals surface area contributed by atoms with Gasteiger partial charge >= 0.3 is 0 Å². The predicted octanol–water partition coefficient (Wildman–Crippen LogP) is 2.81. The third-order valence-electron chi connectivity index (χ3n) is 3.30. The van der Waals surface area contributed by atoms with Gasteiger partial charge in [-0.1, -0.05) is 0 Å². The van der Waals surface area contributed by atoms with Gasteiger partial charge in [-0.25, -0.2) is 0 Å². The van der Waals surface area contributed by atoms with Crippen LogP contribution in [0, 0.1) is 13.8 Å². The monoisotopic (exact) mass is 261 g/mol. The molecule has 0 atom stereocenters. The van der Waals surface area contributed by atoms with E-state index >= 15 is 0 Å². The number of rotatable bonds is 4. The summed E-state index contributed by atoms with van der Waals surface area (Å²) in [5.41, 5.74) is 4.70. The van der Waals surface area contributed by atoms with E-state index in [-0.39, 0.29) is 6.61 Å². The summed E-state index contributed by atoms with van der Waals surface area (Å²) in [6, 6.07) is 5.82. The molecule has 4 nitrogen and oxygen atoms in total. The normalized spacial score (nSPS) is 10.6. The standard InChI is InChI=1S/C15H19NO3/c1-9-5-15(19-4)12(7-14(9)18-3)13-6-11(8-17)10(2)16-13/h5-7,16-17H,8H2,1-4H3. The molecule has 0 radical (unpaired) electrons. The fourth-order valence-electron chi connectivity index (χ4n) is 2.17. The summed E-state index contributed by atoms with van der Waals surface area (Å²) in [4.78, 5) is 3.26. The van der Waals surface area contributed by atoms with Crippen LogP contribution < -0.4 is 9.47 Å². The lowest BCUT2D eigenvalue weighted by Gasteiger charge is -2.12. The Morgan fingerprint density at radius 3 is 2.26 bits per heavy atom. The molecule has 0 amide bonds. The number of aliphatic hydroxyl groups excluding tert-OH is 1. The quantitative estimate of drug-likeness (QED) is 0.889. The molecule has 2 N–H and O–H groups in total. The largest absolute Gasteiger partial charge is 0.496 e. The lowest BCUT2D eigenvalue weighted by molar-refractivity contribution is 0.281. The van der Waals surface area contributed by atoms with Crippen molar-refractivity contribution < 1.29 is 14.6 Å². The number of aliphatic hydroxyl groups is 1. The van der Waals surface area contributed by atoms with Gasteiger partial charge in [0.2, 0.25) is 0 Å². The van der Waals surface area contributed by atoms with Gasteiger partial charge in [0.1, 0.15) is 11.5 Å². The number of nitrogens with one attached hydrogen (secondary N) is 1. The SMILES string of the molecule is COc1cc(-c2cc(CO)c(C)[nH]2)c(OC)cc1C. The average Bonchev–Trinajstić information content (AvgIpc) is 2.79. The first-order chi connectivity index (χ1) is 9.10. The molecule has 0 bridgehead atoms. The molecule has 102 valence electrons. The van der Waals surface area contributed by atoms with Crippen LogP contribution in [0.5, 0.6) is 11.5 Å². The highest BCUT2D eigenvalue weighted by molar-refractivity contribution is 5.71. The summed E-state index contributed by atoms with van der Waals surface area (Å²) >= 11 is 0. The van der Waals surface area contributed by atoms with E-state index < -0.39 is 0 Å². The van der Waals surface area contributed by atoms with Gasteiger partial charge in [0.25, 0.3) is 0 Å². The van der Waals surface area contributed by atoms with E-state index in [2.05, 4.69) is 4.98 Å². The summed E-state index contributed by atoms with van der Waals surface area (Å²) in [6.45, 7) is 3.94. The van der Waals surface area contributed by atoms with Gasteiger partial charge in [-0.2, -0.15) is 0 Å². The predicted molar refractivity (Wildman–Crippen MR) is 74.7 cm³/mol. The van der Waals surface area contributed by atoms with E-state index in [9.17, 15) is 5.11 Å². The van der Waals surface area contributed by atoms with Crippen molar-refractivity contribution in [1.29, 1.82) is 0 Å². The van der Waals surface area contributed by atoms with Crippen LogP contribution in [-0.2, 0) is 6.61 Å². The van der Waals surface area contributed by atoms with E-state index in [1.165, 1.54) is 0 Å². The number of aryl methyl sites for hydroxylation is 2. The Morgan fingerprint density at radius 1 is 1.05 bits per heavy atom. The Morgan fingerprint density at radius 2 is 1.74 bits per heavy atom. The first kappa shape index (κ1) is 13.5. The lowest BCUT2D eigenvalue weighted by atomic mass is 10.1. The van der Waals surface area contributed by atoms with E-state index in [1.807, 2.05) is 32.0 Å². The zero-order valence-electron chi connectivity index (χ0n) is 11.7. The van der Waals surface area contributed by atoms with Crippen molar-refractivity contribution in [3.05, 3.63) is 35.0 Å². The number of hydrogen-bond acceptors (Lipinski definition) is 3. The minimum absolute atomic E-state index is 0.0215. The Bertz CT molecular complexity index is 587. The van der Waals surface area contributed by atoms with Crippen LogP contribution in [0.1, 0.15) is 16.8 Å². The van der Waals surface area contributed by atoms with Crippen molar-refractivity contribution in [3.8, 4) is 22.8 Å². The second-order valence-electron chi connectivity index (χ2n) is 4.51. The summed E-state index contributed by atoms with van der Waals surface area (Å²) in [7, 11) is 3.30.